The van der Waals surface area contributed by atoms with Crippen LogP contribution in [0.4, 0.5) is 0 Å². The summed E-state index contributed by atoms with van der Waals surface area (Å²) in [5.74, 6) is -1.39. The molecule has 0 saturated heterocycles. The zero-order valence-electron chi connectivity index (χ0n) is 9.66. The van der Waals surface area contributed by atoms with Gasteiger partial charge in [-0.1, -0.05) is 33.1 Å². The molecule has 0 aliphatic heterocycles. The summed E-state index contributed by atoms with van der Waals surface area (Å²) in [5, 5.41) is 16.1. The Kier molecular flexibility index (Phi) is 14.1. The maximum Gasteiger partial charge on any atom is 0.303 e. The van der Waals surface area contributed by atoms with Crippen molar-refractivity contribution < 1.29 is 19.8 Å². The van der Waals surface area contributed by atoms with Crippen LogP contribution in [0.3, 0.4) is 0 Å². The standard InChI is InChI=1S/C7H14O2.C4H8O2/c1-2-3-4-5-6-7(8)9;1-2-3-4(5)6/h2-6H2,1H3,(H,8,9);2-3H2,1H3,(H,5,6). The average molecular weight is 218 g/mol. The van der Waals surface area contributed by atoms with Crippen LogP contribution >= 0.6 is 0 Å². The summed E-state index contributed by atoms with van der Waals surface area (Å²) in [6, 6.07) is 0. The van der Waals surface area contributed by atoms with Crippen LogP contribution in [0.25, 0.3) is 0 Å². The molecule has 0 amide bonds. The molecule has 0 bridgehead atoms. The van der Waals surface area contributed by atoms with E-state index in [4.69, 9.17) is 10.2 Å². The normalized spacial score (nSPS) is 8.93. The quantitative estimate of drug-likeness (QED) is 0.644. The molecule has 0 atom stereocenters. The second-order valence-electron chi connectivity index (χ2n) is 3.35. The second-order valence-corrected chi connectivity index (χ2v) is 3.35. The molecule has 0 aromatic heterocycles. The van der Waals surface area contributed by atoms with Crippen molar-refractivity contribution in [3.8, 4) is 0 Å². The van der Waals surface area contributed by atoms with Gasteiger partial charge >= 0.3 is 11.9 Å². The summed E-state index contributed by atoms with van der Waals surface area (Å²) in [5.41, 5.74) is 0. The molecule has 0 heterocycles. The number of carbonyl (C=O) groups is 2. The summed E-state index contributed by atoms with van der Waals surface area (Å²) < 4.78 is 0. The Balaban J connectivity index is 0. The molecule has 4 nitrogen and oxygen atoms in total. The van der Waals surface area contributed by atoms with Crippen LogP contribution in [0, 0.1) is 0 Å². The first-order valence-corrected chi connectivity index (χ1v) is 5.48. The Labute approximate surface area is 91.3 Å². The summed E-state index contributed by atoms with van der Waals surface area (Å²) in [4.78, 5) is 19.6. The molecule has 0 unspecified atom stereocenters. The summed E-state index contributed by atoms with van der Waals surface area (Å²) in [6.45, 7) is 3.95. The predicted octanol–water partition coefficient (Wildman–Crippen LogP) is 2.91. The van der Waals surface area contributed by atoms with Crippen LogP contribution in [0.15, 0.2) is 0 Å². The molecule has 0 rings (SSSR count). The molecule has 0 aromatic rings. The fourth-order valence-electron chi connectivity index (χ4n) is 0.917. The SMILES string of the molecule is CCCC(=O)O.CCCCCCC(=O)O. The van der Waals surface area contributed by atoms with Crippen molar-refractivity contribution in [3.63, 3.8) is 0 Å². The maximum absolute atomic E-state index is 9.96. The molecule has 0 fully saturated rings. The lowest BCUT2D eigenvalue weighted by Crippen LogP contribution is -1.92. The van der Waals surface area contributed by atoms with E-state index in [2.05, 4.69) is 6.92 Å². The number of hydrogen-bond acceptors (Lipinski definition) is 2. The summed E-state index contributed by atoms with van der Waals surface area (Å²) in [7, 11) is 0. The van der Waals surface area contributed by atoms with E-state index in [0.29, 0.717) is 12.8 Å². The number of aliphatic carboxylic acids is 2. The largest absolute Gasteiger partial charge is 0.481 e. The lowest BCUT2D eigenvalue weighted by molar-refractivity contribution is -0.138. The predicted molar refractivity (Wildman–Crippen MR) is 58.9 cm³/mol. The van der Waals surface area contributed by atoms with Gasteiger partial charge in [-0.15, -0.1) is 0 Å². The fourth-order valence-corrected chi connectivity index (χ4v) is 0.917. The molecule has 0 aliphatic carbocycles. The van der Waals surface area contributed by atoms with Gasteiger partial charge in [-0.2, -0.15) is 0 Å². The first-order chi connectivity index (χ1) is 7.04. The molecule has 0 spiro atoms. The third-order valence-electron chi connectivity index (χ3n) is 1.71. The number of unbranched alkanes of at least 4 members (excludes halogenated alkanes) is 3. The van der Waals surface area contributed by atoms with Crippen LogP contribution in [0.5, 0.6) is 0 Å². The van der Waals surface area contributed by atoms with E-state index in [1.165, 1.54) is 6.42 Å². The topological polar surface area (TPSA) is 74.6 Å². The van der Waals surface area contributed by atoms with Crippen molar-refractivity contribution in [1.82, 2.24) is 0 Å². The summed E-state index contributed by atoms with van der Waals surface area (Å²) >= 11 is 0. The van der Waals surface area contributed by atoms with Crippen LogP contribution in [-0.2, 0) is 9.59 Å². The molecular formula is C11H22O4. The fraction of sp³-hybridized carbons (Fsp3) is 0.818. The van der Waals surface area contributed by atoms with E-state index >= 15 is 0 Å². The molecule has 0 aromatic carbocycles. The van der Waals surface area contributed by atoms with Gasteiger partial charge in [0.15, 0.2) is 0 Å². The molecule has 90 valence electrons. The molecule has 0 radical (unpaired) electrons. The van der Waals surface area contributed by atoms with E-state index < -0.39 is 11.9 Å². The molecule has 4 heteroatoms. The first kappa shape index (κ1) is 16.4. The highest BCUT2D eigenvalue weighted by molar-refractivity contribution is 5.66. The van der Waals surface area contributed by atoms with E-state index in [1.54, 1.807) is 0 Å². The van der Waals surface area contributed by atoms with Gasteiger partial charge < -0.3 is 10.2 Å². The highest BCUT2D eigenvalue weighted by Crippen LogP contribution is 2.01. The Morgan fingerprint density at radius 2 is 1.33 bits per heavy atom. The van der Waals surface area contributed by atoms with Gasteiger partial charge in [-0.3, -0.25) is 9.59 Å². The van der Waals surface area contributed by atoms with E-state index in [0.717, 1.165) is 25.7 Å². The van der Waals surface area contributed by atoms with Gasteiger partial charge in [0.05, 0.1) is 0 Å². The van der Waals surface area contributed by atoms with Crippen molar-refractivity contribution in [1.29, 1.82) is 0 Å². The third kappa shape index (κ3) is 24.6. The Morgan fingerprint density at radius 3 is 1.60 bits per heavy atom. The minimum Gasteiger partial charge on any atom is -0.481 e. The van der Waals surface area contributed by atoms with Gasteiger partial charge in [-0.25, -0.2) is 0 Å². The van der Waals surface area contributed by atoms with Gasteiger partial charge in [-0.05, 0) is 12.8 Å². The highest BCUT2D eigenvalue weighted by Gasteiger charge is 1.93. The van der Waals surface area contributed by atoms with Crippen molar-refractivity contribution in [3.05, 3.63) is 0 Å². The average Bonchev–Trinajstić information content (AvgIpc) is 2.13. The summed E-state index contributed by atoms with van der Waals surface area (Å²) in [6.07, 6.45) is 5.58. The first-order valence-electron chi connectivity index (χ1n) is 5.48. The van der Waals surface area contributed by atoms with E-state index in [-0.39, 0.29) is 0 Å². The number of carboxylic acids is 2. The second kappa shape index (κ2) is 12.9. The monoisotopic (exact) mass is 218 g/mol. The number of carboxylic acid groups (broad SMARTS) is 2. The van der Waals surface area contributed by atoms with Crippen LogP contribution in [0.1, 0.15) is 58.8 Å². The Hall–Kier alpha value is -1.06. The minimum atomic E-state index is -0.711. The zero-order chi connectivity index (χ0) is 12.1. The van der Waals surface area contributed by atoms with Crippen molar-refractivity contribution in [2.45, 2.75) is 58.8 Å². The van der Waals surface area contributed by atoms with Gasteiger partial charge in [0.2, 0.25) is 0 Å². The maximum atomic E-state index is 9.96. The van der Waals surface area contributed by atoms with Gasteiger partial charge in [0.25, 0.3) is 0 Å². The van der Waals surface area contributed by atoms with Crippen LogP contribution in [-0.4, -0.2) is 22.2 Å². The van der Waals surface area contributed by atoms with Crippen LogP contribution in [0.2, 0.25) is 0 Å². The molecule has 0 saturated carbocycles. The smallest absolute Gasteiger partial charge is 0.303 e. The Morgan fingerprint density at radius 1 is 0.800 bits per heavy atom. The van der Waals surface area contributed by atoms with Crippen molar-refractivity contribution in [2.24, 2.45) is 0 Å². The molecule has 0 aliphatic rings. The van der Waals surface area contributed by atoms with E-state index in [1.807, 2.05) is 6.92 Å². The molecular weight excluding hydrogens is 196 g/mol. The Bertz CT molecular complexity index is 166. The van der Waals surface area contributed by atoms with Gasteiger partial charge in [0, 0.05) is 12.8 Å². The number of rotatable bonds is 7. The van der Waals surface area contributed by atoms with Crippen LogP contribution < -0.4 is 0 Å². The third-order valence-corrected chi connectivity index (χ3v) is 1.71. The van der Waals surface area contributed by atoms with Crippen molar-refractivity contribution >= 4 is 11.9 Å². The lowest BCUT2D eigenvalue weighted by Gasteiger charge is -1.92. The highest BCUT2D eigenvalue weighted by atomic mass is 16.4. The molecule has 15 heavy (non-hydrogen) atoms. The van der Waals surface area contributed by atoms with E-state index in [9.17, 15) is 9.59 Å². The van der Waals surface area contributed by atoms with Crippen molar-refractivity contribution in [2.75, 3.05) is 0 Å². The zero-order valence-corrected chi connectivity index (χ0v) is 9.66. The number of hydrogen-bond donors (Lipinski definition) is 2. The lowest BCUT2D eigenvalue weighted by atomic mass is 10.2. The minimum absolute atomic E-state index is 0.292. The van der Waals surface area contributed by atoms with Gasteiger partial charge in [0.1, 0.15) is 0 Å². The molecule has 2 N–H and O–H groups in total.